The fraction of sp³-hybridized carbons (Fsp3) is 0. The molecule has 0 fully saturated rings. The zero-order chi connectivity index (χ0) is 22.7. The Morgan fingerprint density at radius 1 is 0.452 bits per heavy atom. The number of aromatic hydroxyl groups is 3. The maximum atomic E-state index is 10.3. The average Bonchev–Trinajstić information content (AvgIpc) is 2.69. The van der Waals surface area contributed by atoms with Crippen LogP contribution in [0.1, 0.15) is 31.1 Å². The van der Waals surface area contributed by atoms with Crippen molar-refractivity contribution >= 4 is 17.9 Å². The summed E-state index contributed by atoms with van der Waals surface area (Å²) >= 11 is 0. The Morgan fingerprint density at radius 2 is 0.645 bits per heavy atom. The zero-order valence-corrected chi connectivity index (χ0v) is 19.6. The van der Waals surface area contributed by atoms with Crippen LogP contribution in [-0.2, 0) is 0 Å². The minimum absolute atomic E-state index is 0. The van der Waals surface area contributed by atoms with Gasteiger partial charge in [0.2, 0.25) is 0 Å². The van der Waals surface area contributed by atoms with Crippen molar-refractivity contribution in [1.29, 1.82) is 0 Å². The summed E-state index contributed by atoms with van der Waals surface area (Å²) in [6, 6.07) is 17.4. The van der Waals surface area contributed by atoms with Gasteiger partial charge in [-0.05, 0) is 36.4 Å². The van der Waals surface area contributed by atoms with Crippen LogP contribution in [-0.4, -0.2) is 48.5 Å². The van der Waals surface area contributed by atoms with Crippen LogP contribution in [0.3, 0.4) is 0 Å². The van der Waals surface area contributed by atoms with E-state index in [4.69, 9.17) is 30.6 Å². The molecule has 3 rings (SSSR count). The van der Waals surface area contributed by atoms with E-state index in [1.54, 1.807) is 36.4 Å². The third-order valence-corrected chi connectivity index (χ3v) is 3.40. The molecule has 159 valence electrons. The molecule has 0 aromatic heterocycles. The molecule has 0 aliphatic rings. The van der Waals surface area contributed by atoms with Gasteiger partial charge in [-0.15, -0.1) is 0 Å². The van der Waals surface area contributed by atoms with Crippen molar-refractivity contribution < 1.29 is 86.3 Å². The minimum atomic E-state index is -1.11. The van der Waals surface area contributed by atoms with Crippen molar-refractivity contribution in [2.75, 3.05) is 0 Å². The van der Waals surface area contributed by atoms with Crippen molar-refractivity contribution in [1.82, 2.24) is 0 Å². The average molecular weight is 555 g/mol. The van der Waals surface area contributed by atoms with Crippen LogP contribution in [0.15, 0.2) is 72.8 Å². The molecule has 0 saturated carbocycles. The Kier molecular flexibility index (Phi) is 12.5. The summed E-state index contributed by atoms with van der Waals surface area (Å²) < 4.78 is 0. The summed E-state index contributed by atoms with van der Waals surface area (Å²) in [6.45, 7) is 0. The molecule has 31 heavy (non-hydrogen) atoms. The molecule has 10 heteroatoms. The zero-order valence-electron chi connectivity index (χ0n) is 15.9. The predicted molar refractivity (Wildman–Crippen MR) is 105 cm³/mol. The first-order valence-corrected chi connectivity index (χ1v) is 8.19. The molecule has 9 nitrogen and oxygen atoms in total. The summed E-state index contributed by atoms with van der Waals surface area (Å²) in [7, 11) is 0. The molecule has 0 atom stereocenters. The molecule has 0 aliphatic heterocycles. The van der Waals surface area contributed by atoms with Gasteiger partial charge in [0.25, 0.3) is 0 Å². The van der Waals surface area contributed by atoms with Crippen molar-refractivity contribution in [2.45, 2.75) is 0 Å². The molecule has 3 aromatic carbocycles. The van der Waals surface area contributed by atoms with Crippen molar-refractivity contribution in [2.24, 2.45) is 0 Å². The standard InChI is InChI=1S/3C7H6O3.Pr/c3*8-6-4-2-1-3-5(6)7(9)10;/h3*1-4,8H,(H,9,10);. The fourth-order valence-corrected chi connectivity index (χ4v) is 1.96. The summed E-state index contributed by atoms with van der Waals surface area (Å²) in [4.78, 5) is 30.8. The van der Waals surface area contributed by atoms with Gasteiger partial charge in [-0.1, -0.05) is 36.4 Å². The molecular weight excluding hydrogens is 537 g/mol. The largest absolute Gasteiger partial charge is 0.507 e. The van der Waals surface area contributed by atoms with Gasteiger partial charge >= 0.3 is 17.9 Å². The van der Waals surface area contributed by atoms with Crippen LogP contribution in [0, 0.1) is 41.3 Å². The van der Waals surface area contributed by atoms with E-state index in [1.165, 1.54) is 36.4 Å². The second-order valence-corrected chi connectivity index (χ2v) is 5.47. The summed E-state index contributed by atoms with van der Waals surface area (Å²) in [6.07, 6.45) is 0. The van der Waals surface area contributed by atoms with E-state index in [1.807, 2.05) is 0 Å². The second-order valence-electron chi connectivity index (χ2n) is 5.47. The smallest absolute Gasteiger partial charge is 0.339 e. The van der Waals surface area contributed by atoms with E-state index in [9.17, 15) is 14.4 Å². The van der Waals surface area contributed by atoms with Gasteiger partial charge in [0.1, 0.15) is 33.9 Å². The first kappa shape index (κ1) is 27.8. The molecule has 0 spiro atoms. The predicted octanol–water partition coefficient (Wildman–Crippen LogP) is 3.27. The van der Waals surface area contributed by atoms with Gasteiger partial charge in [0.15, 0.2) is 0 Å². The molecule has 0 amide bonds. The number of phenols is 3. The number of carbonyl (C=O) groups is 3. The Morgan fingerprint density at radius 3 is 0.774 bits per heavy atom. The Bertz CT molecular complexity index is 903. The van der Waals surface area contributed by atoms with E-state index in [-0.39, 0.29) is 75.2 Å². The first-order chi connectivity index (χ1) is 14.1. The number of hydrogen-bond acceptors (Lipinski definition) is 6. The van der Waals surface area contributed by atoms with E-state index in [0.29, 0.717) is 0 Å². The van der Waals surface area contributed by atoms with Crippen LogP contribution < -0.4 is 0 Å². The number of aromatic carboxylic acids is 3. The number of benzene rings is 3. The van der Waals surface area contributed by atoms with Crippen molar-refractivity contribution in [3.8, 4) is 17.2 Å². The van der Waals surface area contributed by atoms with E-state index in [0.717, 1.165) is 0 Å². The Balaban J connectivity index is 0.000000429. The number of para-hydroxylation sites is 3. The van der Waals surface area contributed by atoms with Crippen LogP contribution in [0.5, 0.6) is 17.2 Å². The van der Waals surface area contributed by atoms with Crippen molar-refractivity contribution in [3.05, 3.63) is 89.5 Å². The SMILES string of the molecule is O=C(O)c1ccccc1O.O=C(O)c1ccccc1O.O=C(O)c1ccccc1O.[Pr]. The molecule has 0 unspecified atom stereocenters. The second kappa shape index (κ2) is 13.9. The Hall–Kier alpha value is -3.17. The summed E-state index contributed by atoms with van der Waals surface area (Å²) in [5.74, 6) is -3.94. The maximum absolute atomic E-state index is 10.3. The topological polar surface area (TPSA) is 173 Å². The number of rotatable bonds is 3. The van der Waals surface area contributed by atoms with Gasteiger partial charge in [-0.25, -0.2) is 14.4 Å². The quantitative estimate of drug-likeness (QED) is 0.284. The minimum Gasteiger partial charge on any atom is -0.507 e. The molecule has 0 aliphatic carbocycles. The van der Waals surface area contributed by atoms with E-state index >= 15 is 0 Å². The number of carboxylic acids is 3. The van der Waals surface area contributed by atoms with Crippen molar-refractivity contribution in [3.63, 3.8) is 0 Å². The third kappa shape index (κ3) is 9.46. The number of carboxylic acid groups (broad SMARTS) is 3. The normalized spacial score (nSPS) is 8.90. The molecule has 6 N–H and O–H groups in total. The van der Waals surface area contributed by atoms with Gasteiger partial charge < -0.3 is 30.6 Å². The maximum Gasteiger partial charge on any atom is 0.339 e. The third-order valence-electron chi connectivity index (χ3n) is 3.40. The monoisotopic (exact) mass is 555 g/mol. The fourth-order valence-electron chi connectivity index (χ4n) is 1.96. The van der Waals surface area contributed by atoms with Crippen LogP contribution >= 0.6 is 0 Å². The van der Waals surface area contributed by atoms with Crippen LogP contribution in [0.25, 0.3) is 0 Å². The summed E-state index contributed by atoms with van der Waals surface area (Å²) in [5.41, 5.74) is -0.201. The first-order valence-electron chi connectivity index (χ1n) is 8.19. The molecular formula is C21H18O9Pr. The van der Waals surface area contributed by atoms with Gasteiger partial charge in [0, 0.05) is 41.3 Å². The van der Waals surface area contributed by atoms with Crippen LogP contribution in [0.2, 0.25) is 0 Å². The Labute approximate surface area is 209 Å². The molecule has 0 heterocycles. The van der Waals surface area contributed by atoms with E-state index < -0.39 is 17.9 Å². The van der Waals surface area contributed by atoms with E-state index in [2.05, 4.69) is 0 Å². The van der Waals surface area contributed by atoms with Crippen LogP contribution in [0.4, 0.5) is 0 Å². The molecule has 0 saturated heterocycles. The van der Waals surface area contributed by atoms with Gasteiger partial charge in [0.05, 0.1) is 0 Å². The molecule has 3 aromatic rings. The van der Waals surface area contributed by atoms with Gasteiger partial charge in [-0.2, -0.15) is 0 Å². The molecule has 0 bridgehead atoms. The molecule has 1 radical (unpaired) electrons. The number of hydrogen-bond donors (Lipinski definition) is 6. The summed E-state index contributed by atoms with van der Waals surface area (Å²) in [5, 5.41) is 51.9. The van der Waals surface area contributed by atoms with Gasteiger partial charge in [-0.3, -0.25) is 0 Å².